The van der Waals surface area contributed by atoms with Crippen LogP contribution >= 0.6 is 0 Å². The molecule has 0 unspecified atom stereocenters. The van der Waals surface area contributed by atoms with Crippen LogP contribution < -0.4 is 26.6 Å². The van der Waals surface area contributed by atoms with Gasteiger partial charge in [-0.15, -0.1) is 0 Å². The molecular formula is C69H124N12O14. The molecule has 2 aliphatic rings. The van der Waals surface area contributed by atoms with Crippen LogP contribution in [0.4, 0.5) is 0 Å². The van der Waals surface area contributed by atoms with Gasteiger partial charge in [-0.05, 0) is 121 Å². The van der Waals surface area contributed by atoms with E-state index >= 15 is 14.4 Å². The molecule has 0 saturated carbocycles. The highest BCUT2D eigenvalue weighted by Gasteiger charge is 2.45. The van der Waals surface area contributed by atoms with E-state index in [9.17, 15) is 43.5 Å². The second kappa shape index (κ2) is 40.5. The van der Waals surface area contributed by atoms with E-state index < -0.39 is 161 Å². The zero-order valence-corrected chi connectivity index (χ0v) is 61.9. The Morgan fingerprint density at radius 1 is 0.495 bits per heavy atom. The highest BCUT2D eigenvalue weighted by atomic mass is 16.5. The molecule has 26 heteroatoms. The molecule has 14 atom stereocenters. The summed E-state index contributed by atoms with van der Waals surface area (Å²) in [7, 11) is 8.52. The Morgan fingerprint density at radius 2 is 0.979 bits per heavy atom. The summed E-state index contributed by atoms with van der Waals surface area (Å²) >= 11 is 0. The molecule has 6 N–H and O–H groups in total. The summed E-state index contributed by atoms with van der Waals surface area (Å²) in [6, 6.07) is -14.2. The van der Waals surface area contributed by atoms with Gasteiger partial charge in [-0.1, -0.05) is 102 Å². The molecule has 0 aromatic rings. The summed E-state index contributed by atoms with van der Waals surface area (Å²) in [5, 5.41) is 25.9. The predicted octanol–water partition coefficient (Wildman–Crippen LogP) is 3.18. The van der Waals surface area contributed by atoms with Gasteiger partial charge < -0.3 is 70.6 Å². The number of amides is 11. The minimum Gasteiger partial charge on any atom is -0.390 e. The molecule has 2 saturated heterocycles. The van der Waals surface area contributed by atoms with Crippen LogP contribution in [0.5, 0.6) is 0 Å². The lowest BCUT2D eigenvalue weighted by molar-refractivity contribution is -0.154. The Labute approximate surface area is 568 Å². The van der Waals surface area contributed by atoms with Crippen molar-refractivity contribution in [2.75, 3.05) is 81.7 Å². The minimum atomic E-state index is -1.69. The summed E-state index contributed by atoms with van der Waals surface area (Å²) in [6.45, 7) is 33.2. The number of aliphatic hydroxyl groups is 1. The van der Waals surface area contributed by atoms with E-state index in [0.717, 1.165) is 31.0 Å². The van der Waals surface area contributed by atoms with E-state index in [4.69, 9.17) is 9.47 Å². The van der Waals surface area contributed by atoms with E-state index in [1.807, 2.05) is 60.6 Å². The smallest absolute Gasteiger partial charge is 0.246 e. The van der Waals surface area contributed by atoms with Gasteiger partial charge in [-0.2, -0.15) is 0 Å². The number of allylic oxidation sites excluding steroid dienone is 2. The average molecular weight is 1350 g/mol. The number of aliphatic hydroxyl groups excluding tert-OH is 1. The normalized spacial score (nSPS) is 27.5. The summed E-state index contributed by atoms with van der Waals surface area (Å²) in [5.74, 6) is -10.2. The monoisotopic (exact) mass is 1340 g/mol. The van der Waals surface area contributed by atoms with Crippen molar-refractivity contribution in [2.24, 2.45) is 35.5 Å². The van der Waals surface area contributed by atoms with Crippen molar-refractivity contribution in [3.63, 3.8) is 0 Å². The lowest BCUT2D eigenvalue weighted by atomic mass is 9.92. The Hall–Kier alpha value is -6.25. The number of morpholine rings is 1. The zero-order valence-electron chi connectivity index (χ0n) is 61.9. The Balaban J connectivity index is 2.98. The van der Waals surface area contributed by atoms with Crippen molar-refractivity contribution in [2.45, 2.75) is 248 Å². The lowest BCUT2D eigenvalue weighted by Crippen LogP contribution is -2.64. The number of likely N-dealkylation sites (N-methyl/N-ethyl adjacent to an activating group) is 6. The number of carbonyl (C=O) groups is 11. The molecule has 0 bridgehead atoms. The quantitative estimate of drug-likeness (QED) is 0.0711. The first-order valence-electron chi connectivity index (χ1n) is 34.7. The van der Waals surface area contributed by atoms with Crippen LogP contribution in [0.2, 0.25) is 0 Å². The van der Waals surface area contributed by atoms with E-state index in [1.165, 1.54) is 87.6 Å². The van der Waals surface area contributed by atoms with Crippen molar-refractivity contribution < 1.29 is 67.3 Å². The molecule has 0 aromatic heterocycles. The first kappa shape index (κ1) is 84.8. The molecule has 0 radical (unpaired) electrons. The standard InChI is InChI=1S/C69H124N12O14/c1-24-26-27-30-45(13)58(82)55-61(85)72-50(25-2)66(90)75(18)48(16)65(89)80(23)57(49(17)95-34-29-28-31-81-32-35-94-36-33-81)63(87)73-54(43(9)10)69(93)76(19)51(37-40(3)4)60(84)70-46(14)59(83)71-47(15)64(88)77(20)52(38-41(5)6)67(91)78(21)53(39-42(7)8)68(92)79(22)56(44(11)12)62(86)74-55/h26-27,40-58,82H,24-25,28-39H2,1-23H3,(H,70,84)(H,71,83)(H,72,85)(H,73,87)(H,74,86)/t45-,46+,47-,48-,49-,50+,51+,52+,53+,54+,55+,56+,57+,58-/m1/s1. The number of nitrogens with zero attached hydrogens (tertiary/aromatic N) is 7. The summed E-state index contributed by atoms with van der Waals surface area (Å²) < 4.78 is 11.8. The molecule has 26 nitrogen and oxygen atoms in total. The third-order valence-electron chi connectivity index (χ3n) is 18.3. The van der Waals surface area contributed by atoms with Gasteiger partial charge in [0.05, 0.1) is 25.4 Å². The molecule has 0 aliphatic carbocycles. The third-order valence-corrected chi connectivity index (χ3v) is 18.3. The molecule has 0 aromatic carbocycles. The molecule has 2 rings (SSSR count). The summed E-state index contributed by atoms with van der Waals surface area (Å²) in [5.41, 5.74) is 0. The van der Waals surface area contributed by atoms with Crippen LogP contribution in [-0.4, -0.2) is 265 Å². The van der Waals surface area contributed by atoms with Gasteiger partial charge in [-0.3, -0.25) is 57.6 Å². The molecule has 11 amide bonds. The van der Waals surface area contributed by atoms with Gasteiger partial charge >= 0.3 is 0 Å². The van der Waals surface area contributed by atoms with Crippen LogP contribution in [0.25, 0.3) is 0 Å². The van der Waals surface area contributed by atoms with Gasteiger partial charge in [0.25, 0.3) is 0 Å². The number of rotatable bonds is 21. The molecular weight excluding hydrogens is 1220 g/mol. The molecule has 2 aliphatic heterocycles. The number of ether oxygens (including phenoxy) is 2. The highest BCUT2D eigenvalue weighted by Crippen LogP contribution is 2.24. The fourth-order valence-corrected chi connectivity index (χ4v) is 12.1. The van der Waals surface area contributed by atoms with Crippen molar-refractivity contribution >= 4 is 65.0 Å². The summed E-state index contributed by atoms with van der Waals surface area (Å²) in [4.78, 5) is 172. The maximum Gasteiger partial charge on any atom is 0.246 e. The maximum atomic E-state index is 15.1. The predicted molar refractivity (Wildman–Crippen MR) is 365 cm³/mol. The molecule has 2 fully saturated rings. The zero-order chi connectivity index (χ0) is 72.6. The number of hydrogen-bond acceptors (Lipinski definition) is 15. The third kappa shape index (κ3) is 25.0. The van der Waals surface area contributed by atoms with Crippen LogP contribution in [0.15, 0.2) is 12.2 Å². The lowest BCUT2D eigenvalue weighted by Gasteiger charge is -2.40. The molecule has 0 spiro atoms. The van der Waals surface area contributed by atoms with Crippen molar-refractivity contribution in [1.82, 2.24) is 60.9 Å². The Bertz CT molecular complexity index is 2560. The van der Waals surface area contributed by atoms with Crippen LogP contribution in [0.1, 0.15) is 169 Å². The topological polar surface area (TPSA) is 309 Å². The first-order valence-corrected chi connectivity index (χ1v) is 34.7. The van der Waals surface area contributed by atoms with Crippen molar-refractivity contribution in [1.29, 1.82) is 0 Å². The fraction of sp³-hybridized carbons (Fsp3) is 0.812. The van der Waals surface area contributed by atoms with Crippen molar-refractivity contribution in [3.8, 4) is 0 Å². The number of hydrogen-bond donors (Lipinski definition) is 6. The van der Waals surface area contributed by atoms with Gasteiger partial charge in [0.2, 0.25) is 65.0 Å². The van der Waals surface area contributed by atoms with Crippen LogP contribution in [-0.2, 0) is 62.2 Å². The average Bonchev–Trinajstić information content (AvgIpc) is 0.826. The number of nitrogens with one attached hydrogen (secondary N) is 5. The molecule has 544 valence electrons. The molecule has 95 heavy (non-hydrogen) atoms. The van der Waals surface area contributed by atoms with Crippen LogP contribution in [0.3, 0.4) is 0 Å². The van der Waals surface area contributed by atoms with E-state index in [2.05, 4.69) is 31.5 Å². The second-order valence-corrected chi connectivity index (χ2v) is 28.4. The highest BCUT2D eigenvalue weighted by molar-refractivity contribution is 6.00. The Kier molecular flexibility index (Phi) is 36.1. The summed E-state index contributed by atoms with van der Waals surface area (Å²) in [6.07, 6.45) is 4.01. The number of unbranched alkanes of at least 4 members (excludes halogenated alkanes) is 1. The van der Waals surface area contributed by atoms with Crippen molar-refractivity contribution in [3.05, 3.63) is 12.2 Å². The Morgan fingerprint density at radius 3 is 1.49 bits per heavy atom. The van der Waals surface area contributed by atoms with E-state index in [-0.39, 0.29) is 50.0 Å². The SMILES string of the molecule is CCC=CC[C@@H](C)[C@@H](O)[C@@H]1NC(=O)[C@H](C(C)C)N(C)C(=O)[C@H](CC(C)C)N(C)C(=O)[C@H](CC(C)C)N(C)C(=O)[C@@H](C)NC(=O)[C@H](C)NC(=O)[C@H](CC(C)C)N(C)C(=O)[C@H](C(C)C)NC(=O)[C@H]([C@@H](C)OCCCCN2CCOCC2)N(C)C(=O)[C@@H](C)N(C)C(=O)[C@H](CC)NC1=O. The molecule has 2 heterocycles. The van der Waals surface area contributed by atoms with Gasteiger partial charge in [0.15, 0.2) is 0 Å². The van der Waals surface area contributed by atoms with E-state index in [1.54, 1.807) is 48.5 Å². The van der Waals surface area contributed by atoms with Gasteiger partial charge in [0.1, 0.15) is 66.5 Å². The first-order chi connectivity index (χ1) is 44.3. The minimum absolute atomic E-state index is 0.0121. The maximum absolute atomic E-state index is 15.1. The largest absolute Gasteiger partial charge is 0.390 e. The number of carbonyl (C=O) groups excluding carboxylic acids is 11. The van der Waals surface area contributed by atoms with Crippen LogP contribution in [0, 0.1) is 35.5 Å². The van der Waals surface area contributed by atoms with E-state index in [0.29, 0.717) is 32.5 Å². The fourth-order valence-electron chi connectivity index (χ4n) is 12.1. The van der Waals surface area contributed by atoms with Gasteiger partial charge in [-0.25, -0.2) is 0 Å². The second-order valence-electron chi connectivity index (χ2n) is 28.4. The van der Waals surface area contributed by atoms with Gasteiger partial charge in [0, 0.05) is 62.0 Å².